The summed E-state index contributed by atoms with van der Waals surface area (Å²) in [6.45, 7) is 0. The Labute approximate surface area is 213 Å². The third-order valence-electron chi connectivity index (χ3n) is 5.94. The molecule has 0 aliphatic carbocycles. The lowest BCUT2D eigenvalue weighted by molar-refractivity contribution is -0.271. The fourth-order valence-electron chi connectivity index (χ4n) is 4.04. The van der Waals surface area contributed by atoms with Gasteiger partial charge in [-0.3, -0.25) is 4.79 Å². The summed E-state index contributed by atoms with van der Waals surface area (Å²) in [4.78, 5) is 24.5. The van der Waals surface area contributed by atoms with E-state index in [1.807, 2.05) is 0 Å². The van der Waals surface area contributed by atoms with Crippen LogP contribution in [0, 0.1) is 0 Å². The molecule has 14 nitrogen and oxygen atoms in total. The van der Waals surface area contributed by atoms with Gasteiger partial charge in [-0.1, -0.05) is 0 Å². The van der Waals surface area contributed by atoms with E-state index in [1.165, 1.54) is 39.5 Å². The first-order valence-electron chi connectivity index (χ1n) is 10.9. The first kappa shape index (κ1) is 26.8. The van der Waals surface area contributed by atoms with Crippen LogP contribution in [0.25, 0.3) is 22.3 Å². The molecule has 1 aliphatic heterocycles. The van der Waals surface area contributed by atoms with Gasteiger partial charge in [0.25, 0.3) is 0 Å². The predicted molar refractivity (Wildman–Crippen MR) is 126 cm³/mol. The van der Waals surface area contributed by atoms with E-state index in [1.54, 1.807) is 0 Å². The number of aliphatic hydroxyl groups is 3. The Bertz CT molecular complexity index is 1430. The maximum Gasteiger partial charge on any atom is 0.335 e. The summed E-state index contributed by atoms with van der Waals surface area (Å²) in [6.07, 6.45) is -9.13. The molecule has 14 heteroatoms. The van der Waals surface area contributed by atoms with Gasteiger partial charge in [0.05, 0.1) is 21.3 Å². The highest BCUT2D eigenvalue weighted by molar-refractivity contribution is 5.91. The molecule has 1 aliphatic rings. The summed E-state index contributed by atoms with van der Waals surface area (Å²) in [7, 11) is 3.69. The first-order valence-corrected chi connectivity index (χ1v) is 10.9. The Morgan fingerprint density at radius 1 is 0.895 bits per heavy atom. The topological polar surface area (TPSA) is 215 Å². The maximum atomic E-state index is 13.1. The number of phenolic OH excluding ortho intramolecular Hbond substituents is 2. The van der Waals surface area contributed by atoms with Crippen LogP contribution in [0.1, 0.15) is 0 Å². The zero-order valence-corrected chi connectivity index (χ0v) is 20.1. The minimum Gasteiger partial charge on any atom is -0.504 e. The second-order valence-corrected chi connectivity index (χ2v) is 8.16. The highest BCUT2D eigenvalue weighted by Crippen LogP contribution is 2.44. The van der Waals surface area contributed by atoms with Crippen LogP contribution < -0.4 is 24.4 Å². The van der Waals surface area contributed by atoms with Crippen molar-refractivity contribution in [1.29, 1.82) is 0 Å². The standard InChI is InChI=1S/C24H24O14/c1-33-11-6-8(4-5-10(11)37-24-18(30)16(28)17(29)22(38-24)23(31)32)19-21(35-3)15(27)13-12(36-19)7-9(25)20(34-2)14(13)26/h4-7,16-18,22,24-26,28-30H,1-3H3,(H,31,32). The van der Waals surface area contributed by atoms with E-state index in [0.29, 0.717) is 0 Å². The van der Waals surface area contributed by atoms with E-state index in [-0.39, 0.29) is 45.3 Å². The number of benzene rings is 2. The molecule has 0 amide bonds. The molecule has 5 atom stereocenters. The molecule has 1 aromatic heterocycles. The first-order chi connectivity index (χ1) is 18.0. The predicted octanol–water partition coefficient (Wildman–Crippen LogP) is 0.168. The van der Waals surface area contributed by atoms with Gasteiger partial charge < -0.3 is 58.7 Å². The third-order valence-corrected chi connectivity index (χ3v) is 5.94. The summed E-state index contributed by atoms with van der Waals surface area (Å²) in [5, 5.41) is 59.6. The molecule has 3 aromatic rings. The second kappa shape index (κ2) is 10.3. The van der Waals surface area contributed by atoms with Crippen LogP contribution in [0.15, 0.2) is 33.5 Å². The number of carboxylic acid groups (broad SMARTS) is 1. The van der Waals surface area contributed by atoms with Crippen LogP contribution in [0.3, 0.4) is 0 Å². The fourth-order valence-corrected chi connectivity index (χ4v) is 4.04. The lowest BCUT2D eigenvalue weighted by Crippen LogP contribution is -2.61. The molecular weight excluding hydrogens is 512 g/mol. The number of aromatic hydroxyl groups is 2. The van der Waals surface area contributed by atoms with Crippen molar-refractivity contribution in [3.05, 3.63) is 34.5 Å². The zero-order valence-electron chi connectivity index (χ0n) is 20.1. The number of aliphatic carboxylic acids is 1. The molecule has 0 saturated carbocycles. The molecule has 0 bridgehead atoms. The van der Waals surface area contributed by atoms with Gasteiger partial charge >= 0.3 is 5.97 Å². The van der Waals surface area contributed by atoms with Crippen molar-refractivity contribution in [2.45, 2.75) is 30.7 Å². The fraction of sp³-hybridized carbons (Fsp3) is 0.333. The number of carboxylic acids is 1. The molecule has 1 fully saturated rings. The van der Waals surface area contributed by atoms with Gasteiger partial charge in [0, 0.05) is 11.6 Å². The monoisotopic (exact) mass is 536 g/mol. The Morgan fingerprint density at radius 2 is 1.58 bits per heavy atom. The van der Waals surface area contributed by atoms with E-state index in [9.17, 15) is 40.2 Å². The van der Waals surface area contributed by atoms with Crippen molar-refractivity contribution in [3.63, 3.8) is 0 Å². The molecule has 2 heterocycles. The van der Waals surface area contributed by atoms with Gasteiger partial charge in [0.15, 0.2) is 34.9 Å². The summed E-state index contributed by atoms with van der Waals surface area (Å²) >= 11 is 0. The number of hydrogen-bond donors (Lipinski definition) is 6. The molecule has 4 rings (SSSR count). The van der Waals surface area contributed by atoms with Gasteiger partial charge in [-0.05, 0) is 18.2 Å². The molecule has 1 saturated heterocycles. The van der Waals surface area contributed by atoms with E-state index in [0.717, 1.165) is 6.07 Å². The molecular formula is C24H24O14. The number of methoxy groups -OCH3 is 3. The van der Waals surface area contributed by atoms with E-state index >= 15 is 0 Å². The van der Waals surface area contributed by atoms with Crippen molar-refractivity contribution < 1.29 is 63.5 Å². The van der Waals surface area contributed by atoms with Crippen molar-refractivity contribution in [2.24, 2.45) is 0 Å². The van der Waals surface area contributed by atoms with Gasteiger partial charge in [0.2, 0.25) is 23.2 Å². The zero-order chi connectivity index (χ0) is 27.9. The highest BCUT2D eigenvalue weighted by Gasteiger charge is 2.48. The lowest BCUT2D eigenvalue weighted by atomic mass is 9.99. The Balaban J connectivity index is 1.77. The van der Waals surface area contributed by atoms with Gasteiger partial charge in [-0.15, -0.1) is 0 Å². The summed E-state index contributed by atoms with van der Waals surface area (Å²) in [5.41, 5.74) is -0.708. The average Bonchev–Trinajstić information content (AvgIpc) is 2.88. The summed E-state index contributed by atoms with van der Waals surface area (Å²) in [5.74, 6) is -3.45. The van der Waals surface area contributed by atoms with Crippen molar-refractivity contribution in [3.8, 4) is 45.8 Å². The van der Waals surface area contributed by atoms with Crippen LogP contribution in [-0.2, 0) is 9.53 Å². The van der Waals surface area contributed by atoms with E-state index in [4.69, 9.17) is 28.1 Å². The molecule has 204 valence electrons. The minimum absolute atomic E-state index is 0.0102. The molecule has 0 spiro atoms. The normalized spacial score (nSPS) is 23.2. The van der Waals surface area contributed by atoms with Gasteiger partial charge in [0.1, 0.15) is 29.3 Å². The maximum absolute atomic E-state index is 13.1. The highest BCUT2D eigenvalue weighted by atomic mass is 16.7. The van der Waals surface area contributed by atoms with Gasteiger partial charge in [-0.25, -0.2) is 4.79 Å². The van der Waals surface area contributed by atoms with Crippen LogP contribution in [0.2, 0.25) is 0 Å². The largest absolute Gasteiger partial charge is 0.504 e. The number of phenols is 2. The molecule has 2 aromatic carbocycles. The lowest BCUT2D eigenvalue weighted by Gasteiger charge is -2.38. The third kappa shape index (κ3) is 4.39. The minimum atomic E-state index is -1.89. The average molecular weight is 536 g/mol. The molecule has 0 radical (unpaired) electrons. The van der Waals surface area contributed by atoms with Crippen molar-refractivity contribution in [2.75, 3.05) is 21.3 Å². The van der Waals surface area contributed by atoms with Crippen LogP contribution in [0.5, 0.6) is 34.5 Å². The van der Waals surface area contributed by atoms with Crippen molar-refractivity contribution >= 4 is 16.9 Å². The van der Waals surface area contributed by atoms with Gasteiger partial charge in [-0.2, -0.15) is 0 Å². The number of aliphatic hydroxyl groups excluding tert-OH is 3. The number of fused-ring (bicyclic) bond motifs is 1. The summed E-state index contributed by atoms with van der Waals surface area (Å²) < 4.78 is 32.0. The smallest absolute Gasteiger partial charge is 0.335 e. The van der Waals surface area contributed by atoms with Crippen molar-refractivity contribution in [1.82, 2.24) is 0 Å². The summed E-state index contributed by atoms with van der Waals surface area (Å²) in [6, 6.07) is 5.18. The van der Waals surface area contributed by atoms with Crippen LogP contribution in [0.4, 0.5) is 0 Å². The Hall–Kier alpha value is -4.24. The molecule has 6 N–H and O–H groups in total. The van der Waals surface area contributed by atoms with E-state index in [2.05, 4.69) is 0 Å². The number of carbonyl (C=O) groups is 1. The molecule has 38 heavy (non-hydrogen) atoms. The molecule has 5 unspecified atom stereocenters. The Morgan fingerprint density at radius 3 is 2.18 bits per heavy atom. The van der Waals surface area contributed by atoms with Crippen LogP contribution in [-0.4, -0.2) is 88.6 Å². The number of rotatable bonds is 7. The quantitative estimate of drug-likeness (QED) is 0.237. The number of ether oxygens (including phenoxy) is 5. The Kier molecular flexibility index (Phi) is 7.24. The SMILES string of the molecule is COc1cc(-c2oc3cc(O)c(OC)c(O)c3c(=O)c2OC)ccc1OC1OC(C(=O)O)C(O)C(O)C1O. The second-order valence-electron chi connectivity index (χ2n) is 8.16. The van der Waals surface area contributed by atoms with E-state index < -0.39 is 53.6 Å². The van der Waals surface area contributed by atoms with Crippen LogP contribution >= 0.6 is 0 Å². The number of hydrogen-bond acceptors (Lipinski definition) is 13.